The lowest BCUT2D eigenvalue weighted by Gasteiger charge is -2.21. The quantitative estimate of drug-likeness (QED) is 0.740. The summed E-state index contributed by atoms with van der Waals surface area (Å²) < 4.78 is 6.87. The molecule has 0 aromatic carbocycles. The Hall–Kier alpha value is -2.22. The summed E-state index contributed by atoms with van der Waals surface area (Å²) in [6.45, 7) is 0.420. The molecule has 1 aliphatic carbocycles. The molecule has 0 spiro atoms. The number of carbonyl (C=O) groups excluding carboxylic acids is 2. The van der Waals surface area contributed by atoms with Crippen LogP contribution in [0.15, 0.2) is 22.8 Å². The zero-order valence-electron chi connectivity index (χ0n) is 15.9. The number of amides is 2. The van der Waals surface area contributed by atoms with Crippen LogP contribution in [0.5, 0.6) is 0 Å². The van der Waals surface area contributed by atoms with E-state index < -0.39 is 0 Å². The van der Waals surface area contributed by atoms with Crippen molar-refractivity contribution < 1.29 is 14.0 Å². The number of fused-ring (bicyclic) bond motifs is 1. The number of aromatic nitrogens is 2. The van der Waals surface area contributed by atoms with Crippen LogP contribution in [-0.2, 0) is 34.2 Å². The Kier molecular flexibility index (Phi) is 6.04. The molecule has 2 aromatic heterocycles. The Labute approximate surface area is 168 Å². The molecule has 2 aliphatic rings. The van der Waals surface area contributed by atoms with Crippen molar-refractivity contribution in [2.45, 2.75) is 63.1 Å². The standard InChI is InChI=1S/C20H26N4O3S/c25-18(9-14-5-2-1-3-6-14)22-20-16-12-28-13-17(16)23-24(20)11-19(26)21-10-15-7-4-8-27-15/h4,7-8,14H,1-3,5-6,9-13H2,(H,21,26)(H,22,25). The molecule has 1 fully saturated rings. The van der Waals surface area contributed by atoms with E-state index in [1.807, 2.05) is 6.07 Å². The van der Waals surface area contributed by atoms with Crippen molar-refractivity contribution >= 4 is 29.4 Å². The van der Waals surface area contributed by atoms with Crippen LogP contribution in [0.2, 0.25) is 0 Å². The minimum atomic E-state index is -0.159. The normalized spacial score (nSPS) is 16.7. The van der Waals surface area contributed by atoms with Gasteiger partial charge in [-0.25, -0.2) is 4.68 Å². The molecule has 0 atom stereocenters. The summed E-state index contributed by atoms with van der Waals surface area (Å²) in [5.41, 5.74) is 2.03. The third-order valence-corrected chi connectivity index (χ3v) is 6.38. The highest BCUT2D eigenvalue weighted by Gasteiger charge is 2.26. The lowest BCUT2D eigenvalue weighted by Crippen LogP contribution is -2.29. The van der Waals surface area contributed by atoms with Crippen molar-refractivity contribution in [2.24, 2.45) is 5.92 Å². The second kappa shape index (κ2) is 8.86. The maximum atomic E-state index is 12.6. The van der Waals surface area contributed by atoms with Gasteiger partial charge in [-0.1, -0.05) is 19.3 Å². The van der Waals surface area contributed by atoms with Crippen molar-refractivity contribution in [3.63, 3.8) is 0 Å². The maximum Gasteiger partial charge on any atom is 0.242 e. The van der Waals surface area contributed by atoms with Gasteiger partial charge in [0.2, 0.25) is 11.8 Å². The summed E-state index contributed by atoms with van der Waals surface area (Å²) in [5, 5.41) is 10.5. The number of hydrogen-bond donors (Lipinski definition) is 2. The summed E-state index contributed by atoms with van der Waals surface area (Å²) in [6.07, 6.45) is 8.12. The average molecular weight is 403 g/mol. The van der Waals surface area contributed by atoms with Crippen molar-refractivity contribution in [3.05, 3.63) is 35.4 Å². The van der Waals surface area contributed by atoms with E-state index in [1.165, 1.54) is 19.3 Å². The van der Waals surface area contributed by atoms with Crippen LogP contribution in [0.3, 0.4) is 0 Å². The molecule has 3 heterocycles. The van der Waals surface area contributed by atoms with E-state index >= 15 is 0 Å². The van der Waals surface area contributed by atoms with Crippen LogP contribution in [0.1, 0.15) is 55.5 Å². The van der Waals surface area contributed by atoms with Gasteiger partial charge in [-0.3, -0.25) is 9.59 Å². The monoisotopic (exact) mass is 402 g/mol. The Morgan fingerprint density at radius 3 is 2.86 bits per heavy atom. The van der Waals surface area contributed by atoms with Crippen LogP contribution in [0.4, 0.5) is 5.82 Å². The number of nitrogens with one attached hydrogen (secondary N) is 2. The van der Waals surface area contributed by atoms with Gasteiger partial charge in [-0.05, 0) is 30.9 Å². The van der Waals surface area contributed by atoms with Crippen LogP contribution in [0, 0.1) is 5.92 Å². The van der Waals surface area contributed by atoms with E-state index in [9.17, 15) is 9.59 Å². The minimum absolute atomic E-state index is 0.0312. The summed E-state index contributed by atoms with van der Waals surface area (Å²) in [4.78, 5) is 25.0. The molecule has 0 radical (unpaired) electrons. The first kappa shape index (κ1) is 19.1. The van der Waals surface area contributed by atoms with E-state index in [1.54, 1.807) is 28.8 Å². The fourth-order valence-corrected chi connectivity index (χ4v) is 4.98. The number of nitrogens with zero attached hydrogens (tertiary/aromatic N) is 2. The largest absolute Gasteiger partial charge is 0.467 e. The van der Waals surface area contributed by atoms with Crippen LogP contribution < -0.4 is 10.6 Å². The molecule has 0 unspecified atom stereocenters. The van der Waals surface area contributed by atoms with Crippen molar-refractivity contribution in [1.29, 1.82) is 0 Å². The van der Waals surface area contributed by atoms with E-state index in [0.29, 0.717) is 30.5 Å². The van der Waals surface area contributed by atoms with Crippen LogP contribution in [0.25, 0.3) is 0 Å². The fourth-order valence-electron chi connectivity index (χ4n) is 3.95. The number of thioether (sulfide) groups is 1. The first-order chi connectivity index (χ1) is 13.7. The smallest absolute Gasteiger partial charge is 0.242 e. The molecule has 0 saturated heterocycles. The number of furan rings is 1. The SMILES string of the molecule is O=C(Cn1nc2c(c1NC(=O)CC1CCCCC1)CSC2)NCc1ccco1. The van der Waals surface area contributed by atoms with Gasteiger partial charge >= 0.3 is 0 Å². The van der Waals surface area contributed by atoms with Gasteiger partial charge in [-0.2, -0.15) is 16.9 Å². The van der Waals surface area contributed by atoms with Gasteiger partial charge in [0.25, 0.3) is 0 Å². The predicted octanol–water partition coefficient (Wildman–Crippen LogP) is 3.45. The molecular formula is C20H26N4O3S. The second-order valence-corrected chi connectivity index (χ2v) is 8.52. The fraction of sp³-hybridized carbons (Fsp3) is 0.550. The molecule has 4 rings (SSSR count). The Morgan fingerprint density at radius 1 is 1.21 bits per heavy atom. The molecule has 1 saturated carbocycles. The summed E-state index contributed by atoms with van der Waals surface area (Å²) in [7, 11) is 0. The lowest BCUT2D eigenvalue weighted by atomic mass is 9.87. The minimum Gasteiger partial charge on any atom is -0.467 e. The Bertz CT molecular complexity index is 825. The molecule has 2 N–H and O–H groups in total. The molecule has 1 aliphatic heterocycles. The highest BCUT2D eigenvalue weighted by atomic mass is 32.2. The van der Waals surface area contributed by atoms with Gasteiger partial charge in [0, 0.05) is 23.5 Å². The third kappa shape index (κ3) is 4.60. The van der Waals surface area contributed by atoms with Crippen LogP contribution in [-0.4, -0.2) is 21.6 Å². The summed E-state index contributed by atoms with van der Waals surface area (Å²) >= 11 is 1.78. The second-order valence-electron chi connectivity index (χ2n) is 7.54. The highest BCUT2D eigenvalue weighted by molar-refractivity contribution is 7.98. The van der Waals surface area contributed by atoms with E-state index in [0.717, 1.165) is 35.6 Å². The number of hydrogen-bond acceptors (Lipinski definition) is 5. The first-order valence-corrected chi connectivity index (χ1v) is 11.1. The Morgan fingerprint density at radius 2 is 2.07 bits per heavy atom. The molecule has 28 heavy (non-hydrogen) atoms. The van der Waals surface area contributed by atoms with Gasteiger partial charge in [0.15, 0.2) is 0 Å². The zero-order chi connectivity index (χ0) is 19.3. The predicted molar refractivity (Wildman–Crippen MR) is 108 cm³/mol. The zero-order valence-corrected chi connectivity index (χ0v) is 16.7. The number of anilines is 1. The van der Waals surface area contributed by atoms with Gasteiger partial charge in [0.05, 0.1) is 18.5 Å². The van der Waals surface area contributed by atoms with E-state index in [-0.39, 0.29) is 18.4 Å². The van der Waals surface area contributed by atoms with E-state index in [2.05, 4.69) is 15.7 Å². The van der Waals surface area contributed by atoms with Gasteiger partial charge in [0.1, 0.15) is 18.1 Å². The molecule has 8 heteroatoms. The van der Waals surface area contributed by atoms with Crippen molar-refractivity contribution in [1.82, 2.24) is 15.1 Å². The Balaban J connectivity index is 1.39. The van der Waals surface area contributed by atoms with Gasteiger partial charge < -0.3 is 15.1 Å². The van der Waals surface area contributed by atoms with E-state index in [4.69, 9.17) is 4.42 Å². The molecule has 2 aromatic rings. The van der Waals surface area contributed by atoms with Crippen molar-refractivity contribution in [3.8, 4) is 0 Å². The lowest BCUT2D eigenvalue weighted by molar-refractivity contribution is -0.122. The molecule has 0 bridgehead atoms. The number of carbonyl (C=O) groups is 2. The highest BCUT2D eigenvalue weighted by Crippen LogP contribution is 2.35. The molecule has 150 valence electrons. The van der Waals surface area contributed by atoms with Crippen LogP contribution >= 0.6 is 11.8 Å². The topological polar surface area (TPSA) is 89.2 Å². The maximum absolute atomic E-state index is 12.6. The summed E-state index contributed by atoms with van der Waals surface area (Å²) in [6, 6.07) is 3.61. The molecule has 2 amide bonds. The molecular weight excluding hydrogens is 376 g/mol. The first-order valence-electron chi connectivity index (χ1n) is 9.94. The molecule has 7 nitrogen and oxygen atoms in total. The van der Waals surface area contributed by atoms with Crippen molar-refractivity contribution in [2.75, 3.05) is 5.32 Å². The van der Waals surface area contributed by atoms with Gasteiger partial charge in [-0.15, -0.1) is 0 Å². The third-order valence-electron chi connectivity index (χ3n) is 5.41. The average Bonchev–Trinajstić information content (AvgIpc) is 3.41. The number of rotatable bonds is 7. The summed E-state index contributed by atoms with van der Waals surface area (Å²) in [5.74, 6) is 3.38.